The Morgan fingerprint density at radius 2 is 2.24 bits per heavy atom. The zero-order valence-electron chi connectivity index (χ0n) is 14.1. The lowest BCUT2D eigenvalue weighted by Gasteiger charge is -2.37. The molecule has 3 rings (SSSR count). The molecule has 2 fully saturated rings. The van der Waals surface area contributed by atoms with Crippen LogP contribution in [0.25, 0.3) is 0 Å². The Labute approximate surface area is 143 Å². The first-order valence-corrected chi connectivity index (χ1v) is 9.41. The van der Waals surface area contributed by atoms with Gasteiger partial charge in [0.2, 0.25) is 0 Å². The summed E-state index contributed by atoms with van der Waals surface area (Å²) in [5.41, 5.74) is -1.70. The van der Waals surface area contributed by atoms with Gasteiger partial charge in [-0.25, -0.2) is 9.36 Å². The van der Waals surface area contributed by atoms with Crippen LogP contribution in [-0.4, -0.2) is 46.0 Å². The summed E-state index contributed by atoms with van der Waals surface area (Å²) < 4.78 is 34.8. The zero-order valence-corrected chi connectivity index (χ0v) is 15.0. The summed E-state index contributed by atoms with van der Waals surface area (Å²) in [4.78, 5) is 35.7. The molecule has 11 heteroatoms. The first-order valence-electron chi connectivity index (χ1n) is 7.91. The zero-order chi connectivity index (χ0) is 18.4. The van der Waals surface area contributed by atoms with Gasteiger partial charge >= 0.3 is 13.5 Å². The van der Waals surface area contributed by atoms with E-state index in [1.807, 2.05) is 6.92 Å². The molecule has 2 aliphatic heterocycles. The summed E-state index contributed by atoms with van der Waals surface area (Å²) in [6.07, 6.45) is -0.298. The van der Waals surface area contributed by atoms with Crippen LogP contribution in [0.15, 0.2) is 15.8 Å². The molecular weight excluding hydrogens is 355 g/mol. The van der Waals surface area contributed by atoms with E-state index in [0.717, 1.165) is 7.11 Å². The maximum absolute atomic E-state index is 12.2. The normalized spacial score (nSPS) is 34.0. The second-order valence-electron chi connectivity index (χ2n) is 6.17. The van der Waals surface area contributed by atoms with E-state index < -0.39 is 43.1 Å². The van der Waals surface area contributed by atoms with Crippen molar-refractivity contribution < 1.29 is 28.0 Å². The first-order chi connectivity index (χ1) is 11.7. The van der Waals surface area contributed by atoms with Crippen LogP contribution in [0.5, 0.6) is 0 Å². The molecule has 25 heavy (non-hydrogen) atoms. The predicted molar refractivity (Wildman–Crippen MR) is 85.3 cm³/mol. The van der Waals surface area contributed by atoms with Crippen molar-refractivity contribution in [1.29, 1.82) is 0 Å². The number of phosphoric ester groups is 1. The molecule has 2 aliphatic rings. The molecule has 0 spiro atoms. The average molecular weight is 376 g/mol. The third-order valence-electron chi connectivity index (χ3n) is 4.78. The van der Waals surface area contributed by atoms with Gasteiger partial charge in [0.1, 0.15) is 17.8 Å². The summed E-state index contributed by atoms with van der Waals surface area (Å²) >= 11 is 0. The molecule has 0 aromatic carbocycles. The van der Waals surface area contributed by atoms with Crippen molar-refractivity contribution in [2.75, 3.05) is 13.7 Å². The molecule has 1 aromatic rings. The lowest BCUT2D eigenvalue weighted by atomic mass is 9.87. The van der Waals surface area contributed by atoms with Crippen LogP contribution < -0.4 is 11.2 Å². The number of aromatic amines is 1. The molecule has 0 amide bonds. The highest BCUT2D eigenvalue weighted by Gasteiger charge is 2.60. The summed E-state index contributed by atoms with van der Waals surface area (Å²) in [6.45, 7) is 3.78. The third kappa shape index (κ3) is 3.14. The predicted octanol–water partition coefficient (Wildman–Crippen LogP) is 0.444. The summed E-state index contributed by atoms with van der Waals surface area (Å²) in [5, 5.41) is 0. The lowest BCUT2D eigenvalue weighted by molar-refractivity contribution is -0.120. The van der Waals surface area contributed by atoms with E-state index in [1.54, 1.807) is 6.92 Å². The van der Waals surface area contributed by atoms with Crippen LogP contribution in [0, 0.1) is 6.92 Å². The van der Waals surface area contributed by atoms with Gasteiger partial charge in [0, 0.05) is 25.3 Å². The Kier molecular flexibility index (Phi) is 4.78. The molecule has 1 aromatic heterocycles. The minimum absolute atomic E-state index is 0.331. The van der Waals surface area contributed by atoms with Gasteiger partial charge in [0.15, 0.2) is 6.23 Å². The van der Waals surface area contributed by atoms with Crippen LogP contribution in [0.1, 0.15) is 31.6 Å². The van der Waals surface area contributed by atoms with E-state index in [1.165, 1.54) is 10.8 Å². The second-order valence-corrected chi connectivity index (χ2v) is 7.68. The molecule has 2 saturated heterocycles. The Hall–Kier alpha value is -1.29. The SMILES string of the molecule is CCC12CCO[C@@H](C1OP(=O)(O)OC)[C@H](n1cc(C)c(=O)[nH]c1=O)O2. The molecule has 0 aliphatic carbocycles. The number of aromatic nitrogens is 2. The Balaban J connectivity index is 2.04. The summed E-state index contributed by atoms with van der Waals surface area (Å²) in [5.74, 6) is 0. The van der Waals surface area contributed by atoms with Gasteiger partial charge in [0.25, 0.3) is 5.56 Å². The van der Waals surface area contributed by atoms with Crippen LogP contribution in [-0.2, 0) is 23.1 Å². The van der Waals surface area contributed by atoms with Gasteiger partial charge < -0.3 is 14.4 Å². The quantitative estimate of drug-likeness (QED) is 0.709. The molecule has 0 radical (unpaired) electrons. The number of fused-ring (bicyclic) bond motifs is 2. The Morgan fingerprint density at radius 3 is 2.88 bits per heavy atom. The van der Waals surface area contributed by atoms with Crippen molar-refractivity contribution in [2.45, 2.75) is 50.7 Å². The Bertz CT molecular complexity index is 820. The smallest absolute Gasteiger partial charge is 0.371 e. The largest absolute Gasteiger partial charge is 0.472 e. The molecular formula is C14H21N2O8P. The topological polar surface area (TPSA) is 129 Å². The monoisotopic (exact) mass is 376 g/mol. The number of phosphoric acid groups is 1. The van der Waals surface area contributed by atoms with Crippen molar-refractivity contribution in [1.82, 2.24) is 9.55 Å². The average Bonchev–Trinajstić information content (AvgIpc) is 2.73. The summed E-state index contributed by atoms with van der Waals surface area (Å²) in [7, 11) is -3.22. The van der Waals surface area contributed by atoms with E-state index in [2.05, 4.69) is 9.51 Å². The molecule has 3 unspecified atom stereocenters. The maximum Gasteiger partial charge on any atom is 0.472 e. The van der Waals surface area contributed by atoms with Crippen molar-refractivity contribution in [3.8, 4) is 0 Å². The molecule has 2 bridgehead atoms. The fourth-order valence-corrected chi connectivity index (χ4v) is 4.04. The number of nitrogens with one attached hydrogen (secondary N) is 1. The number of hydrogen-bond acceptors (Lipinski definition) is 7. The lowest BCUT2D eigenvalue weighted by Crippen LogP contribution is -2.49. The van der Waals surface area contributed by atoms with Crippen molar-refractivity contribution in [3.05, 3.63) is 32.6 Å². The molecule has 3 heterocycles. The van der Waals surface area contributed by atoms with Crippen LogP contribution in [0.2, 0.25) is 0 Å². The fraction of sp³-hybridized carbons (Fsp3) is 0.714. The third-order valence-corrected chi connectivity index (χ3v) is 5.74. The van der Waals surface area contributed by atoms with Gasteiger partial charge in [-0.3, -0.25) is 23.4 Å². The van der Waals surface area contributed by atoms with Gasteiger partial charge in [-0.15, -0.1) is 0 Å². The summed E-state index contributed by atoms with van der Waals surface area (Å²) in [6, 6.07) is 0. The van der Waals surface area contributed by atoms with Crippen LogP contribution in [0.4, 0.5) is 0 Å². The van der Waals surface area contributed by atoms with Gasteiger partial charge in [-0.1, -0.05) is 6.92 Å². The van der Waals surface area contributed by atoms with Crippen LogP contribution in [0.3, 0.4) is 0 Å². The van der Waals surface area contributed by atoms with Gasteiger partial charge in [0.05, 0.1) is 6.61 Å². The molecule has 0 saturated carbocycles. The molecule has 140 valence electrons. The number of aryl methyl sites for hydroxylation is 1. The van der Waals surface area contributed by atoms with Gasteiger partial charge in [-0.2, -0.15) is 0 Å². The van der Waals surface area contributed by atoms with E-state index in [-0.39, 0.29) is 0 Å². The highest BCUT2D eigenvalue weighted by molar-refractivity contribution is 7.47. The highest BCUT2D eigenvalue weighted by atomic mass is 31.2. The highest BCUT2D eigenvalue weighted by Crippen LogP contribution is 2.54. The van der Waals surface area contributed by atoms with Crippen molar-refractivity contribution in [3.63, 3.8) is 0 Å². The van der Waals surface area contributed by atoms with Crippen LogP contribution >= 0.6 is 7.82 Å². The van der Waals surface area contributed by atoms with Crippen molar-refractivity contribution >= 4 is 7.82 Å². The number of nitrogens with zero attached hydrogens (tertiary/aromatic N) is 1. The standard InChI is InChI=1S/C14H21N2O8P/c1-4-14-5-6-22-9(10(14)24-25(19,20)21-3)12(23-14)16-7-8(2)11(17)15-13(16)18/h7,9-10,12H,4-6H2,1-3H3,(H,19,20)(H,15,17,18)/t9-,10?,12+,14?/m0/s1. The first kappa shape index (κ1) is 18.5. The number of rotatable bonds is 5. The van der Waals surface area contributed by atoms with Gasteiger partial charge in [-0.05, 0) is 13.3 Å². The fourth-order valence-electron chi connectivity index (χ4n) is 3.36. The van der Waals surface area contributed by atoms with E-state index in [9.17, 15) is 19.0 Å². The van der Waals surface area contributed by atoms with E-state index in [0.29, 0.717) is 25.0 Å². The number of ether oxygens (including phenoxy) is 2. The Morgan fingerprint density at radius 1 is 1.52 bits per heavy atom. The van der Waals surface area contributed by atoms with Crippen molar-refractivity contribution in [2.24, 2.45) is 0 Å². The minimum atomic E-state index is -4.28. The molecule has 10 nitrogen and oxygen atoms in total. The maximum atomic E-state index is 12.2. The molecule has 2 N–H and O–H groups in total. The van der Waals surface area contributed by atoms with E-state index >= 15 is 0 Å². The molecule has 5 atom stereocenters. The van der Waals surface area contributed by atoms with E-state index in [4.69, 9.17) is 14.0 Å². The second kappa shape index (κ2) is 6.46. The number of H-pyrrole nitrogens is 1. The minimum Gasteiger partial charge on any atom is -0.371 e. The number of hydrogen-bond donors (Lipinski definition) is 2.